The first-order chi connectivity index (χ1) is 10.6. The van der Waals surface area contributed by atoms with E-state index < -0.39 is 0 Å². The normalized spacial score (nSPS) is 11.0. The summed E-state index contributed by atoms with van der Waals surface area (Å²) in [5.74, 6) is 0.730. The number of amides is 1. The zero-order valence-electron chi connectivity index (χ0n) is 13.6. The fourth-order valence-electron chi connectivity index (χ4n) is 2.34. The van der Waals surface area contributed by atoms with Crippen LogP contribution in [0.5, 0.6) is 0 Å². The predicted molar refractivity (Wildman–Crippen MR) is 84.5 cm³/mol. The Morgan fingerprint density at radius 1 is 1.23 bits per heavy atom. The lowest BCUT2D eigenvalue weighted by molar-refractivity contribution is -0.125. The molecule has 2 aromatic rings. The maximum atomic E-state index is 12.1. The van der Waals surface area contributed by atoms with Gasteiger partial charge in [-0.1, -0.05) is 19.9 Å². The molecule has 0 unspecified atom stereocenters. The van der Waals surface area contributed by atoms with Crippen LogP contribution >= 0.6 is 0 Å². The number of tetrazole rings is 1. The second kappa shape index (κ2) is 7.15. The first-order valence-electron chi connectivity index (χ1n) is 7.69. The summed E-state index contributed by atoms with van der Waals surface area (Å²) in [7, 11) is 0. The molecular weight excluding hydrogens is 278 g/mol. The van der Waals surface area contributed by atoms with Crippen LogP contribution < -0.4 is 5.32 Å². The quantitative estimate of drug-likeness (QED) is 0.888. The Hall–Kier alpha value is -2.24. The average molecular weight is 301 g/mol. The third-order valence-electron chi connectivity index (χ3n) is 4.05. The van der Waals surface area contributed by atoms with Gasteiger partial charge in [-0.05, 0) is 60.4 Å². The molecule has 0 aliphatic carbocycles. The Bertz CT molecular complexity index is 646. The molecule has 6 nitrogen and oxygen atoms in total. The van der Waals surface area contributed by atoms with Gasteiger partial charge in [0, 0.05) is 5.92 Å². The summed E-state index contributed by atoms with van der Waals surface area (Å²) in [5.41, 5.74) is 3.31. The predicted octanol–water partition coefficient (Wildman–Crippen LogP) is 2.33. The van der Waals surface area contributed by atoms with E-state index >= 15 is 0 Å². The minimum absolute atomic E-state index is 0.0472. The number of hydrogen-bond acceptors (Lipinski definition) is 4. The molecule has 2 rings (SSSR count). The molecule has 1 aromatic carbocycles. The van der Waals surface area contributed by atoms with E-state index in [2.05, 4.69) is 34.7 Å². The molecule has 6 heteroatoms. The Morgan fingerprint density at radius 3 is 2.59 bits per heavy atom. The van der Waals surface area contributed by atoms with Crippen LogP contribution in [0.25, 0.3) is 5.69 Å². The largest absolute Gasteiger partial charge is 0.348 e. The van der Waals surface area contributed by atoms with Crippen LogP contribution in [0.2, 0.25) is 0 Å². The number of benzene rings is 1. The molecule has 0 aliphatic heterocycles. The molecule has 22 heavy (non-hydrogen) atoms. The minimum atomic E-state index is 0.0472. The van der Waals surface area contributed by atoms with Crippen molar-refractivity contribution in [2.24, 2.45) is 5.92 Å². The van der Waals surface area contributed by atoms with Crippen LogP contribution in [0.4, 0.5) is 0 Å². The summed E-state index contributed by atoms with van der Waals surface area (Å²) < 4.78 is 1.67. The van der Waals surface area contributed by atoms with Crippen LogP contribution in [0.1, 0.15) is 43.6 Å². The molecule has 0 atom stereocenters. The van der Waals surface area contributed by atoms with Gasteiger partial charge in [0.1, 0.15) is 0 Å². The summed E-state index contributed by atoms with van der Waals surface area (Å²) >= 11 is 0. The van der Waals surface area contributed by atoms with Crippen molar-refractivity contribution >= 4 is 5.91 Å². The van der Waals surface area contributed by atoms with Crippen molar-refractivity contribution in [1.82, 2.24) is 25.5 Å². The van der Waals surface area contributed by atoms with Gasteiger partial charge < -0.3 is 5.32 Å². The zero-order valence-corrected chi connectivity index (χ0v) is 13.6. The van der Waals surface area contributed by atoms with E-state index in [1.807, 2.05) is 32.0 Å². The molecule has 0 bridgehead atoms. The third kappa shape index (κ3) is 3.50. The highest BCUT2D eigenvalue weighted by atomic mass is 16.1. The number of rotatable bonds is 6. The molecule has 1 N–H and O–H groups in total. The molecule has 1 aromatic heterocycles. The Balaban J connectivity index is 2.13. The van der Waals surface area contributed by atoms with Gasteiger partial charge in [-0.25, -0.2) is 0 Å². The summed E-state index contributed by atoms with van der Waals surface area (Å²) in [6.45, 7) is 8.49. The number of aromatic nitrogens is 4. The van der Waals surface area contributed by atoms with Gasteiger partial charge in [-0.15, -0.1) is 5.10 Å². The monoisotopic (exact) mass is 301 g/mol. The van der Waals surface area contributed by atoms with E-state index in [1.54, 1.807) is 4.68 Å². The van der Waals surface area contributed by atoms with Gasteiger partial charge in [0.05, 0.1) is 12.2 Å². The fraction of sp³-hybridized carbons (Fsp3) is 0.500. The van der Waals surface area contributed by atoms with E-state index in [4.69, 9.17) is 0 Å². The Labute approximate surface area is 130 Å². The lowest BCUT2D eigenvalue weighted by Gasteiger charge is -2.12. The van der Waals surface area contributed by atoms with Crippen LogP contribution in [-0.2, 0) is 11.3 Å². The molecule has 0 spiro atoms. The SMILES string of the molecule is CCC(CC)C(=O)NCc1nnnn1-c1ccc(C)c(C)c1. The lowest BCUT2D eigenvalue weighted by atomic mass is 10.0. The van der Waals surface area contributed by atoms with Gasteiger partial charge >= 0.3 is 0 Å². The Morgan fingerprint density at radius 2 is 1.95 bits per heavy atom. The lowest BCUT2D eigenvalue weighted by Crippen LogP contribution is -2.30. The fourth-order valence-corrected chi connectivity index (χ4v) is 2.34. The molecule has 0 aliphatic rings. The Kier molecular flexibility index (Phi) is 5.25. The first-order valence-corrected chi connectivity index (χ1v) is 7.69. The average Bonchev–Trinajstić information content (AvgIpc) is 2.97. The van der Waals surface area contributed by atoms with Gasteiger partial charge in [-0.3, -0.25) is 4.79 Å². The van der Waals surface area contributed by atoms with E-state index in [9.17, 15) is 4.79 Å². The van der Waals surface area contributed by atoms with Crippen LogP contribution in [0.3, 0.4) is 0 Å². The number of nitrogens with zero attached hydrogens (tertiary/aromatic N) is 4. The highest BCUT2D eigenvalue weighted by molar-refractivity contribution is 5.78. The third-order valence-corrected chi connectivity index (χ3v) is 4.05. The van der Waals surface area contributed by atoms with Crippen molar-refractivity contribution in [1.29, 1.82) is 0 Å². The van der Waals surface area contributed by atoms with Gasteiger partial charge in [0.2, 0.25) is 5.91 Å². The molecular formula is C16H23N5O. The standard InChI is InChI=1S/C16H23N5O/c1-5-13(6-2)16(22)17-10-15-18-19-20-21(15)14-8-7-11(3)12(4)9-14/h7-9,13H,5-6,10H2,1-4H3,(H,17,22). The second-order valence-electron chi connectivity index (χ2n) is 5.51. The van der Waals surface area contributed by atoms with E-state index in [0.29, 0.717) is 12.4 Å². The van der Waals surface area contributed by atoms with E-state index in [-0.39, 0.29) is 11.8 Å². The first kappa shape index (κ1) is 16.1. The van der Waals surface area contributed by atoms with Gasteiger partial charge in [-0.2, -0.15) is 4.68 Å². The van der Waals surface area contributed by atoms with E-state index in [1.165, 1.54) is 11.1 Å². The zero-order chi connectivity index (χ0) is 16.1. The molecule has 0 saturated carbocycles. The van der Waals surface area contributed by atoms with Crippen LogP contribution in [0, 0.1) is 19.8 Å². The highest BCUT2D eigenvalue weighted by Gasteiger charge is 2.15. The minimum Gasteiger partial charge on any atom is -0.348 e. The number of carbonyl (C=O) groups excluding carboxylic acids is 1. The summed E-state index contributed by atoms with van der Waals surface area (Å²) in [6, 6.07) is 6.06. The van der Waals surface area contributed by atoms with Crippen molar-refractivity contribution in [3.05, 3.63) is 35.2 Å². The molecule has 0 radical (unpaired) electrons. The van der Waals surface area contributed by atoms with E-state index in [0.717, 1.165) is 18.5 Å². The highest BCUT2D eigenvalue weighted by Crippen LogP contribution is 2.14. The smallest absolute Gasteiger partial charge is 0.223 e. The molecule has 118 valence electrons. The van der Waals surface area contributed by atoms with Crippen molar-refractivity contribution in [2.45, 2.75) is 47.1 Å². The summed E-state index contributed by atoms with van der Waals surface area (Å²) in [6.07, 6.45) is 1.68. The van der Waals surface area contributed by atoms with Crippen LogP contribution in [-0.4, -0.2) is 26.1 Å². The van der Waals surface area contributed by atoms with Crippen molar-refractivity contribution in [3.8, 4) is 5.69 Å². The number of nitrogens with one attached hydrogen (secondary N) is 1. The maximum Gasteiger partial charge on any atom is 0.223 e. The molecule has 0 fully saturated rings. The molecule has 1 heterocycles. The summed E-state index contributed by atoms with van der Waals surface area (Å²) in [4.78, 5) is 12.1. The molecule has 1 amide bonds. The van der Waals surface area contributed by atoms with Gasteiger partial charge in [0.15, 0.2) is 5.82 Å². The van der Waals surface area contributed by atoms with Crippen LogP contribution in [0.15, 0.2) is 18.2 Å². The second-order valence-corrected chi connectivity index (χ2v) is 5.51. The van der Waals surface area contributed by atoms with Gasteiger partial charge in [0.25, 0.3) is 0 Å². The molecule has 0 saturated heterocycles. The number of aryl methyl sites for hydroxylation is 2. The maximum absolute atomic E-state index is 12.1. The van der Waals surface area contributed by atoms with Crippen molar-refractivity contribution < 1.29 is 4.79 Å². The summed E-state index contributed by atoms with van der Waals surface area (Å²) in [5, 5.41) is 14.7. The number of carbonyl (C=O) groups is 1. The van der Waals surface area contributed by atoms with Crippen molar-refractivity contribution in [2.75, 3.05) is 0 Å². The number of hydrogen-bond donors (Lipinski definition) is 1. The van der Waals surface area contributed by atoms with Crippen molar-refractivity contribution in [3.63, 3.8) is 0 Å². The topological polar surface area (TPSA) is 72.7 Å².